The van der Waals surface area contributed by atoms with Crippen molar-refractivity contribution in [2.24, 2.45) is 0 Å². The van der Waals surface area contributed by atoms with Crippen molar-refractivity contribution in [3.63, 3.8) is 0 Å². The van der Waals surface area contributed by atoms with Gasteiger partial charge in [-0.3, -0.25) is 0 Å². The fourth-order valence-electron chi connectivity index (χ4n) is 2.15. The van der Waals surface area contributed by atoms with E-state index in [-0.39, 0.29) is 0 Å². The van der Waals surface area contributed by atoms with Crippen LogP contribution in [0.2, 0.25) is 0 Å². The van der Waals surface area contributed by atoms with Crippen molar-refractivity contribution in [3.05, 3.63) is 40.1 Å². The predicted octanol–water partition coefficient (Wildman–Crippen LogP) is 4.43. The van der Waals surface area contributed by atoms with Crippen LogP contribution in [0, 0.1) is 13.8 Å². The van der Waals surface area contributed by atoms with E-state index in [0.717, 1.165) is 48.0 Å². The summed E-state index contributed by atoms with van der Waals surface area (Å²) in [6.45, 7) is 8.55. The largest absolute Gasteiger partial charge is 0.382 e. The molecule has 0 bridgehead atoms. The molecule has 21 heavy (non-hydrogen) atoms. The van der Waals surface area contributed by atoms with Gasteiger partial charge in [0.15, 0.2) is 0 Å². The fourth-order valence-corrected chi connectivity index (χ4v) is 2.50. The van der Waals surface area contributed by atoms with Crippen molar-refractivity contribution in [1.29, 1.82) is 0 Å². The molecule has 0 amide bonds. The highest BCUT2D eigenvalue weighted by atomic mass is 79.9. The number of ether oxygens (including phenoxy) is 1. The molecule has 0 aliphatic carbocycles. The summed E-state index contributed by atoms with van der Waals surface area (Å²) in [5.74, 6) is 0.871. The van der Waals surface area contributed by atoms with E-state index in [1.807, 2.05) is 19.9 Å². The van der Waals surface area contributed by atoms with Gasteiger partial charge < -0.3 is 14.6 Å². The molecule has 0 unspecified atom stereocenters. The Balaban J connectivity index is 2.10. The number of rotatable bonds is 7. The number of anilines is 2. The first-order valence-corrected chi connectivity index (χ1v) is 8.04. The molecule has 4 nitrogen and oxygen atoms in total. The average Bonchev–Trinajstić information content (AvgIpc) is 2.79. The van der Waals surface area contributed by atoms with E-state index < -0.39 is 0 Å². The third kappa shape index (κ3) is 4.58. The topological polar surface area (TPSA) is 39.1 Å². The molecule has 1 N–H and O–H groups in total. The monoisotopic (exact) mass is 351 g/mol. The van der Waals surface area contributed by atoms with Crippen LogP contribution < -0.4 is 5.32 Å². The van der Waals surface area contributed by atoms with Crippen LogP contribution in [0.3, 0.4) is 0 Å². The number of nitrogens with one attached hydrogen (secondary N) is 1. The molecule has 1 aromatic carbocycles. The number of aromatic nitrogens is 2. The van der Waals surface area contributed by atoms with E-state index in [2.05, 4.69) is 56.1 Å². The zero-order chi connectivity index (χ0) is 15.2. The van der Waals surface area contributed by atoms with Crippen molar-refractivity contribution < 1.29 is 4.74 Å². The molecule has 2 rings (SSSR count). The Morgan fingerprint density at radius 2 is 2.14 bits per heavy atom. The van der Waals surface area contributed by atoms with Crippen molar-refractivity contribution in [1.82, 2.24) is 9.55 Å². The first kappa shape index (κ1) is 16.0. The van der Waals surface area contributed by atoms with Gasteiger partial charge >= 0.3 is 0 Å². The molecular weight excluding hydrogens is 330 g/mol. The third-order valence-electron chi connectivity index (χ3n) is 3.16. The van der Waals surface area contributed by atoms with Gasteiger partial charge in [-0.1, -0.05) is 6.07 Å². The van der Waals surface area contributed by atoms with E-state index in [1.54, 1.807) is 0 Å². The van der Waals surface area contributed by atoms with E-state index in [0.29, 0.717) is 0 Å². The molecule has 0 radical (unpaired) electrons. The normalized spacial score (nSPS) is 10.9. The lowest BCUT2D eigenvalue weighted by Gasteiger charge is -2.11. The Bertz CT molecular complexity index is 595. The van der Waals surface area contributed by atoms with Crippen molar-refractivity contribution in [2.75, 3.05) is 18.5 Å². The number of hydrogen-bond acceptors (Lipinski definition) is 3. The maximum atomic E-state index is 5.39. The summed E-state index contributed by atoms with van der Waals surface area (Å²) in [5, 5.41) is 3.41. The summed E-state index contributed by atoms with van der Waals surface area (Å²) in [4.78, 5) is 4.57. The highest BCUT2D eigenvalue weighted by Gasteiger charge is 2.08. The maximum Gasteiger partial charge on any atom is 0.207 e. The predicted molar refractivity (Wildman–Crippen MR) is 90.2 cm³/mol. The summed E-state index contributed by atoms with van der Waals surface area (Å²) in [6.07, 6.45) is 3.05. The quantitative estimate of drug-likeness (QED) is 0.749. The van der Waals surface area contributed by atoms with Crippen molar-refractivity contribution in [2.45, 2.75) is 33.7 Å². The second-order valence-electron chi connectivity index (χ2n) is 5.06. The molecule has 0 spiro atoms. The molecule has 0 saturated carbocycles. The first-order valence-electron chi connectivity index (χ1n) is 7.25. The maximum absolute atomic E-state index is 5.39. The van der Waals surface area contributed by atoms with Crippen LogP contribution in [-0.2, 0) is 11.3 Å². The van der Waals surface area contributed by atoms with Gasteiger partial charge in [0.2, 0.25) is 5.95 Å². The minimum Gasteiger partial charge on any atom is -0.382 e. The number of nitrogens with zero attached hydrogens (tertiary/aromatic N) is 2. The lowest BCUT2D eigenvalue weighted by atomic mass is 10.2. The van der Waals surface area contributed by atoms with Gasteiger partial charge in [-0.05, 0) is 60.8 Å². The summed E-state index contributed by atoms with van der Waals surface area (Å²) in [7, 11) is 0. The molecule has 1 heterocycles. The Morgan fingerprint density at radius 3 is 2.90 bits per heavy atom. The molecule has 5 heteroatoms. The van der Waals surface area contributed by atoms with Gasteiger partial charge in [0.1, 0.15) is 0 Å². The van der Waals surface area contributed by atoms with Gasteiger partial charge in [0.25, 0.3) is 0 Å². The van der Waals surface area contributed by atoms with E-state index >= 15 is 0 Å². The number of halogens is 1. The SMILES string of the molecule is CCOCCCn1cc(C)nc1Nc1cc(C)ccc1Br. The summed E-state index contributed by atoms with van der Waals surface area (Å²) in [5.41, 5.74) is 3.26. The third-order valence-corrected chi connectivity index (χ3v) is 3.85. The number of aryl methyl sites for hydroxylation is 3. The van der Waals surface area contributed by atoms with Gasteiger partial charge in [0.05, 0.1) is 11.4 Å². The lowest BCUT2D eigenvalue weighted by Crippen LogP contribution is -2.06. The standard InChI is InChI=1S/C16H22BrN3O/c1-4-21-9-5-8-20-11-13(3)18-16(20)19-15-10-12(2)6-7-14(15)17/h6-7,10-11H,4-5,8-9H2,1-3H3,(H,18,19). The van der Waals surface area contributed by atoms with Crippen LogP contribution in [0.15, 0.2) is 28.9 Å². The summed E-state index contributed by atoms with van der Waals surface area (Å²) >= 11 is 3.57. The van der Waals surface area contributed by atoms with Gasteiger partial charge in [-0.2, -0.15) is 0 Å². The molecule has 1 aromatic heterocycles. The smallest absolute Gasteiger partial charge is 0.207 e. The Hall–Kier alpha value is -1.33. The molecular formula is C16H22BrN3O. The zero-order valence-corrected chi connectivity index (χ0v) is 14.4. The van der Waals surface area contributed by atoms with Crippen LogP contribution in [-0.4, -0.2) is 22.8 Å². The number of hydrogen-bond donors (Lipinski definition) is 1. The minimum absolute atomic E-state index is 0.768. The first-order chi connectivity index (χ1) is 10.1. The second-order valence-corrected chi connectivity index (χ2v) is 5.91. The molecule has 0 atom stereocenters. The van der Waals surface area contributed by atoms with Crippen molar-refractivity contribution in [3.8, 4) is 0 Å². The highest BCUT2D eigenvalue weighted by Crippen LogP contribution is 2.26. The fraction of sp³-hybridized carbons (Fsp3) is 0.438. The Labute approximate surface area is 134 Å². The van der Waals surface area contributed by atoms with Gasteiger partial charge in [0, 0.05) is 30.4 Å². The van der Waals surface area contributed by atoms with Gasteiger partial charge in [-0.15, -0.1) is 0 Å². The number of imidazole rings is 1. The second kappa shape index (κ2) is 7.61. The van der Waals surface area contributed by atoms with Crippen molar-refractivity contribution >= 4 is 27.6 Å². The summed E-state index contributed by atoms with van der Waals surface area (Å²) < 4.78 is 8.57. The molecule has 0 saturated heterocycles. The molecule has 114 valence electrons. The van der Waals surface area contributed by atoms with Crippen LogP contribution >= 0.6 is 15.9 Å². The van der Waals surface area contributed by atoms with E-state index in [9.17, 15) is 0 Å². The number of benzene rings is 1. The lowest BCUT2D eigenvalue weighted by molar-refractivity contribution is 0.142. The van der Waals surface area contributed by atoms with E-state index in [4.69, 9.17) is 4.74 Å². The molecule has 0 fully saturated rings. The highest BCUT2D eigenvalue weighted by molar-refractivity contribution is 9.10. The Morgan fingerprint density at radius 1 is 1.33 bits per heavy atom. The average molecular weight is 352 g/mol. The molecule has 0 aliphatic heterocycles. The molecule has 2 aromatic rings. The van der Waals surface area contributed by atoms with Gasteiger partial charge in [-0.25, -0.2) is 4.98 Å². The van der Waals surface area contributed by atoms with E-state index in [1.165, 1.54) is 5.56 Å². The van der Waals surface area contributed by atoms with Crippen LogP contribution in [0.5, 0.6) is 0 Å². The summed E-state index contributed by atoms with van der Waals surface area (Å²) in [6, 6.07) is 6.24. The van der Waals surface area contributed by atoms with Crippen LogP contribution in [0.25, 0.3) is 0 Å². The minimum atomic E-state index is 0.768. The zero-order valence-electron chi connectivity index (χ0n) is 12.8. The molecule has 0 aliphatic rings. The van der Waals surface area contributed by atoms with Crippen LogP contribution in [0.4, 0.5) is 11.6 Å². The van der Waals surface area contributed by atoms with Crippen LogP contribution in [0.1, 0.15) is 24.6 Å². The Kier molecular flexibility index (Phi) is 5.82.